The van der Waals surface area contributed by atoms with Gasteiger partial charge in [-0.15, -0.1) is 16.4 Å². The lowest BCUT2D eigenvalue weighted by molar-refractivity contribution is 0.415. The van der Waals surface area contributed by atoms with Crippen LogP contribution < -0.4 is 9.46 Å². The maximum absolute atomic E-state index is 11.2. The van der Waals surface area contributed by atoms with Gasteiger partial charge in [-0.3, -0.25) is 4.72 Å². The maximum Gasteiger partial charge on any atom is 0.257 e. The predicted molar refractivity (Wildman–Crippen MR) is 81.3 cm³/mol. The van der Waals surface area contributed by atoms with E-state index >= 15 is 0 Å². The van der Waals surface area contributed by atoms with Gasteiger partial charge in [0.1, 0.15) is 5.75 Å². The average molecular weight is 324 g/mol. The standard InChI is InChI=1S/C12H12N4O3S2/c1-19-9-5-3-4-8(6-9)10-7-20-12-13-11(14-16(10)12)15-21(2,17)18/h3-7H,1-2H3,(H,14,15). The molecule has 0 saturated carbocycles. The molecular weight excluding hydrogens is 312 g/mol. The van der Waals surface area contributed by atoms with Crippen LogP contribution in [-0.4, -0.2) is 36.4 Å². The number of hydrogen-bond acceptors (Lipinski definition) is 6. The highest BCUT2D eigenvalue weighted by Crippen LogP contribution is 2.28. The monoisotopic (exact) mass is 324 g/mol. The van der Waals surface area contributed by atoms with E-state index in [1.165, 1.54) is 11.3 Å². The molecule has 21 heavy (non-hydrogen) atoms. The fourth-order valence-electron chi connectivity index (χ4n) is 1.87. The molecule has 0 unspecified atom stereocenters. The summed E-state index contributed by atoms with van der Waals surface area (Å²) in [6.07, 6.45) is 1.06. The lowest BCUT2D eigenvalue weighted by Gasteiger charge is -2.02. The van der Waals surface area contributed by atoms with Crippen molar-refractivity contribution >= 4 is 32.3 Å². The molecule has 0 amide bonds. The number of nitrogens with zero attached hydrogens (tertiary/aromatic N) is 3. The molecule has 0 saturated heterocycles. The van der Waals surface area contributed by atoms with Crippen LogP contribution in [0.25, 0.3) is 16.2 Å². The van der Waals surface area contributed by atoms with Gasteiger partial charge >= 0.3 is 0 Å². The summed E-state index contributed by atoms with van der Waals surface area (Å²) in [6, 6.07) is 7.54. The van der Waals surface area contributed by atoms with Crippen LogP contribution in [0, 0.1) is 0 Å². The summed E-state index contributed by atoms with van der Waals surface area (Å²) in [5, 5.41) is 6.09. The number of benzene rings is 1. The summed E-state index contributed by atoms with van der Waals surface area (Å²) in [5.41, 5.74) is 1.74. The van der Waals surface area contributed by atoms with E-state index in [0.717, 1.165) is 23.3 Å². The number of anilines is 1. The quantitative estimate of drug-likeness (QED) is 0.791. The first-order chi connectivity index (χ1) is 9.96. The molecule has 9 heteroatoms. The van der Waals surface area contributed by atoms with Gasteiger partial charge in [0.05, 0.1) is 19.1 Å². The third-order valence-corrected chi connectivity index (χ3v) is 4.09. The number of hydrogen-bond donors (Lipinski definition) is 1. The van der Waals surface area contributed by atoms with Crippen molar-refractivity contribution in [2.45, 2.75) is 0 Å². The van der Waals surface area contributed by atoms with Gasteiger partial charge in [-0.1, -0.05) is 12.1 Å². The van der Waals surface area contributed by atoms with Gasteiger partial charge in [0.15, 0.2) is 0 Å². The first kappa shape index (κ1) is 13.8. The molecule has 3 rings (SSSR count). The highest BCUT2D eigenvalue weighted by molar-refractivity contribution is 7.91. The van der Waals surface area contributed by atoms with Crippen LogP contribution in [0.5, 0.6) is 5.75 Å². The smallest absolute Gasteiger partial charge is 0.257 e. The van der Waals surface area contributed by atoms with E-state index in [-0.39, 0.29) is 5.95 Å². The molecule has 0 aliphatic rings. The number of fused-ring (bicyclic) bond motifs is 1. The van der Waals surface area contributed by atoms with Crippen molar-refractivity contribution < 1.29 is 13.2 Å². The SMILES string of the molecule is COc1cccc(-c2csc3nc(NS(C)(=O)=O)nn23)c1. The fraction of sp³-hybridized carbons (Fsp3) is 0.167. The van der Waals surface area contributed by atoms with Crippen LogP contribution in [0.2, 0.25) is 0 Å². The normalized spacial score (nSPS) is 11.7. The lowest BCUT2D eigenvalue weighted by Crippen LogP contribution is -2.10. The zero-order valence-corrected chi connectivity index (χ0v) is 12.9. The Bertz CT molecular complexity index is 898. The molecule has 7 nitrogen and oxygen atoms in total. The highest BCUT2D eigenvalue weighted by Gasteiger charge is 2.14. The molecule has 0 aliphatic carbocycles. The summed E-state index contributed by atoms with van der Waals surface area (Å²) in [5.74, 6) is 0.801. The van der Waals surface area contributed by atoms with Crippen molar-refractivity contribution in [3.8, 4) is 17.0 Å². The van der Waals surface area contributed by atoms with Crippen LogP contribution in [0.15, 0.2) is 29.6 Å². The summed E-state index contributed by atoms with van der Waals surface area (Å²) in [6.45, 7) is 0. The van der Waals surface area contributed by atoms with E-state index in [0.29, 0.717) is 4.96 Å². The van der Waals surface area contributed by atoms with Gasteiger partial charge in [-0.25, -0.2) is 12.9 Å². The Morgan fingerprint density at radius 3 is 2.90 bits per heavy atom. The Morgan fingerprint density at radius 1 is 1.38 bits per heavy atom. The minimum Gasteiger partial charge on any atom is -0.497 e. The van der Waals surface area contributed by atoms with E-state index in [9.17, 15) is 8.42 Å². The van der Waals surface area contributed by atoms with Gasteiger partial charge in [0, 0.05) is 10.9 Å². The fourth-order valence-corrected chi connectivity index (χ4v) is 3.12. The van der Waals surface area contributed by atoms with Crippen molar-refractivity contribution in [2.75, 3.05) is 18.1 Å². The number of ether oxygens (including phenoxy) is 1. The summed E-state index contributed by atoms with van der Waals surface area (Å²) in [7, 11) is -1.79. The van der Waals surface area contributed by atoms with E-state index in [1.807, 2.05) is 29.6 Å². The molecule has 0 aliphatic heterocycles. The van der Waals surface area contributed by atoms with E-state index in [1.54, 1.807) is 11.6 Å². The number of aromatic nitrogens is 3. The van der Waals surface area contributed by atoms with Crippen molar-refractivity contribution in [3.05, 3.63) is 29.6 Å². The third kappa shape index (κ3) is 2.83. The summed E-state index contributed by atoms with van der Waals surface area (Å²) in [4.78, 5) is 4.75. The second kappa shape index (κ2) is 5.01. The number of sulfonamides is 1. The Morgan fingerprint density at radius 2 is 2.19 bits per heavy atom. The largest absolute Gasteiger partial charge is 0.497 e. The van der Waals surface area contributed by atoms with E-state index < -0.39 is 10.0 Å². The molecule has 0 radical (unpaired) electrons. The van der Waals surface area contributed by atoms with E-state index in [2.05, 4.69) is 14.8 Å². The third-order valence-electron chi connectivity index (χ3n) is 2.72. The molecule has 110 valence electrons. The van der Waals surface area contributed by atoms with Gasteiger partial charge in [-0.05, 0) is 12.1 Å². The van der Waals surface area contributed by atoms with E-state index in [4.69, 9.17) is 4.74 Å². The molecule has 0 spiro atoms. The number of rotatable bonds is 4. The van der Waals surface area contributed by atoms with Crippen molar-refractivity contribution in [1.82, 2.24) is 14.6 Å². The molecular formula is C12H12N4O3S2. The van der Waals surface area contributed by atoms with Gasteiger partial charge < -0.3 is 4.74 Å². The van der Waals surface area contributed by atoms with Crippen molar-refractivity contribution in [1.29, 1.82) is 0 Å². The minimum atomic E-state index is -3.39. The number of nitrogens with one attached hydrogen (secondary N) is 1. The zero-order chi connectivity index (χ0) is 15.0. The van der Waals surface area contributed by atoms with Crippen LogP contribution in [-0.2, 0) is 10.0 Å². The first-order valence-electron chi connectivity index (χ1n) is 5.93. The van der Waals surface area contributed by atoms with Gasteiger partial charge in [0.2, 0.25) is 15.0 Å². The molecule has 3 aromatic rings. The highest BCUT2D eigenvalue weighted by atomic mass is 32.2. The molecule has 2 aromatic heterocycles. The van der Waals surface area contributed by atoms with Crippen LogP contribution >= 0.6 is 11.3 Å². The predicted octanol–water partition coefficient (Wildman–Crippen LogP) is 1.84. The Balaban J connectivity index is 2.07. The lowest BCUT2D eigenvalue weighted by atomic mass is 10.2. The zero-order valence-electron chi connectivity index (χ0n) is 11.3. The Labute approximate surface area is 125 Å². The molecule has 0 bridgehead atoms. The average Bonchev–Trinajstić information content (AvgIpc) is 2.96. The molecule has 1 N–H and O–H groups in total. The minimum absolute atomic E-state index is 0.0634. The molecule has 0 atom stereocenters. The number of methoxy groups -OCH3 is 1. The van der Waals surface area contributed by atoms with Gasteiger partial charge in [0.25, 0.3) is 5.95 Å². The Kier molecular flexibility index (Phi) is 3.30. The van der Waals surface area contributed by atoms with Crippen LogP contribution in [0.3, 0.4) is 0 Å². The number of thiazole rings is 1. The molecule has 0 fully saturated rings. The second-order valence-corrected chi connectivity index (χ2v) is 6.94. The Hall–Kier alpha value is -2.13. The topological polar surface area (TPSA) is 85.6 Å². The first-order valence-corrected chi connectivity index (χ1v) is 8.70. The van der Waals surface area contributed by atoms with Crippen molar-refractivity contribution in [3.63, 3.8) is 0 Å². The maximum atomic E-state index is 11.2. The van der Waals surface area contributed by atoms with Crippen molar-refractivity contribution in [2.24, 2.45) is 0 Å². The summed E-state index contributed by atoms with van der Waals surface area (Å²) < 4.78 is 31.5. The second-order valence-electron chi connectivity index (χ2n) is 4.36. The van der Waals surface area contributed by atoms with Gasteiger partial charge in [-0.2, -0.15) is 4.98 Å². The summed E-state index contributed by atoms with van der Waals surface area (Å²) >= 11 is 1.38. The van der Waals surface area contributed by atoms with Crippen LogP contribution in [0.4, 0.5) is 5.95 Å². The van der Waals surface area contributed by atoms with Crippen LogP contribution in [0.1, 0.15) is 0 Å². The molecule has 2 heterocycles. The molecule has 1 aromatic carbocycles.